The number of rotatable bonds is 6. The molecule has 0 bridgehead atoms. The average molecular weight is 430 g/mol. The molecule has 154 valence electrons. The summed E-state index contributed by atoms with van der Waals surface area (Å²) in [4.78, 5) is 30.4. The van der Waals surface area contributed by atoms with E-state index in [1.807, 2.05) is 66.0 Å². The van der Waals surface area contributed by atoms with E-state index in [4.69, 9.17) is 4.42 Å². The third kappa shape index (κ3) is 3.87. The number of nitrogens with one attached hydrogen (secondary N) is 1. The number of hydrogen-bond acceptors (Lipinski definition) is 5. The molecule has 0 saturated carbocycles. The normalized spacial score (nSPS) is 12.3. The van der Waals surface area contributed by atoms with Crippen LogP contribution in [0.3, 0.4) is 0 Å². The Morgan fingerprint density at radius 1 is 1.10 bits per heavy atom. The molecule has 0 unspecified atom stereocenters. The lowest BCUT2D eigenvalue weighted by molar-refractivity contribution is -0.121. The van der Waals surface area contributed by atoms with E-state index in [1.54, 1.807) is 6.07 Å². The SMILES string of the molecule is O=C(CCn1cnc2sccc2c1=O)N[C@H](c1ccccc1)c1cc2ccccc2o1. The van der Waals surface area contributed by atoms with Crippen LogP contribution >= 0.6 is 11.3 Å². The second-order valence-corrected chi connectivity index (χ2v) is 8.12. The van der Waals surface area contributed by atoms with E-state index in [9.17, 15) is 9.59 Å². The van der Waals surface area contributed by atoms with Gasteiger partial charge in [-0.2, -0.15) is 0 Å². The van der Waals surface area contributed by atoms with Crippen molar-refractivity contribution in [2.45, 2.75) is 19.0 Å². The lowest BCUT2D eigenvalue weighted by Crippen LogP contribution is -2.31. The van der Waals surface area contributed by atoms with Crippen molar-refractivity contribution in [3.8, 4) is 0 Å². The fourth-order valence-electron chi connectivity index (χ4n) is 3.62. The summed E-state index contributed by atoms with van der Waals surface area (Å²) in [6.07, 6.45) is 1.66. The zero-order valence-electron chi connectivity index (χ0n) is 16.5. The van der Waals surface area contributed by atoms with Gasteiger partial charge in [0.1, 0.15) is 22.2 Å². The molecular weight excluding hydrogens is 410 g/mol. The molecule has 0 radical (unpaired) electrons. The summed E-state index contributed by atoms with van der Waals surface area (Å²) in [5, 5.41) is 6.47. The third-order valence-electron chi connectivity index (χ3n) is 5.20. The fraction of sp³-hybridized carbons (Fsp3) is 0.125. The van der Waals surface area contributed by atoms with Crippen LogP contribution in [0.2, 0.25) is 0 Å². The zero-order valence-corrected chi connectivity index (χ0v) is 17.3. The van der Waals surface area contributed by atoms with E-state index >= 15 is 0 Å². The Morgan fingerprint density at radius 3 is 2.74 bits per heavy atom. The number of hydrogen-bond donors (Lipinski definition) is 1. The molecule has 5 aromatic rings. The van der Waals surface area contributed by atoms with Crippen molar-refractivity contribution in [3.63, 3.8) is 0 Å². The van der Waals surface area contributed by atoms with Crippen molar-refractivity contribution in [1.82, 2.24) is 14.9 Å². The smallest absolute Gasteiger partial charge is 0.262 e. The quantitative estimate of drug-likeness (QED) is 0.431. The number of fused-ring (bicyclic) bond motifs is 2. The van der Waals surface area contributed by atoms with Gasteiger partial charge in [-0.25, -0.2) is 4.98 Å². The van der Waals surface area contributed by atoms with Gasteiger partial charge in [-0.05, 0) is 29.1 Å². The predicted octanol–water partition coefficient (Wildman–Crippen LogP) is 4.50. The largest absolute Gasteiger partial charge is 0.459 e. The standard InChI is InChI=1S/C24H19N3O3S/c28-21(10-12-27-15-25-23-18(24(27)29)11-13-31-23)26-22(16-6-2-1-3-7-16)20-14-17-8-4-5-9-19(17)30-20/h1-9,11,13-15,22H,10,12H2,(H,26,28)/t22-/m1/s1. The molecule has 0 aliphatic heterocycles. The van der Waals surface area contributed by atoms with Gasteiger partial charge in [0.2, 0.25) is 5.91 Å². The molecular formula is C24H19N3O3S. The number of nitrogens with zero attached hydrogens (tertiary/aromatic N) is 2. The van der Waals surface area contributed by atoms with Crippen LogP contribution in [0.5, 0.6) is 0 Å². The molecule has 0 spiro atoms. The number of aryl methyl sites for hydroxylation is 1. The van der Waals surface area contributed by atoms with E-state index in [2.05, 4.69) is 10.3 Å². The van der Waals surface area contributed by atoms with Crippen molar-refractivity contribution in [2.24, 2.45) is 0 Å². The summed E-state index contributed by atoms with van der Waals surface area (Å²) in [6, 6.07) is 20.7. The minimum absolute atomic E-state index is 0.129. The van der Waals surface area contributed by atoms with Crippen molar-refractivity contribution in [3.05, 3.63) is 100 Å². The molecule has 2 aromatic carbocycles. The van der Waals surface area contributed by atoms with Crippen LogP contribution in [-0.4, -0.2) is 15.5 Å². The van der Waals surface area contributed by atoms with E-state index in [0.29, 0.717) is 16.0 Å². The van der Waals surface area contributed by atoms with Crippen LogP contribution in [0.15, 0.2) is 87.6 Å². The van der Waals surface area contributed by atoms with Crippen molar-refractivity contribution in [1.29, 1.82) is 0 Å². The van der Waals surface area contributed by atoms with Crippen molar-refractivity contribution in [2.75, 3.05) is 0 Å². The molecule has 1 N–H and O–H groups in total. The Labute approximate surface area is 181 Å². The Morgan fingerprint density at radius 2 is 1.90 bits per heavy atom. The predicted molar refractivity (Wildman–Crippen MR) is 121 cm³/mol. The highest BCUT2D eigenvalue weighted by Gasteiger charge is 2.21. The summed E-state index contributed by atoms with van der Waals surface area (Å²) in [5.74, 6) is 0.492. The number of aromatic nitrogens is 2. The molecule has 3 heterocycles. The molecule has 7 heteroatoms. The maximum absolute atomic E-state index is 12.8. The number of carbonyl (C=O) groups is 1. The van der Waals surface area contributed by atoms with Gasteiger partial charge < -0.3 is 9.73 Å². The molecule has 31 heavy (non-hydrogen) atoms. The van der Waals surface area contributed by atoms with Crippen LogP contribution < -0.4 is 10.9 Å². The number of benzene rings is 2. The van der Waals surface area contributed by atoms with Gasteiger partial charge in [-0.1, -0.05) is 48.5 Å². The molecule has 0 aliphatic rings. The summed E-state index contributed by atoms with van der Waals surface area (Å²) < 4.78 is 7.51. The topological polar surface area (TPSA) is 77.1 Å². The Kier molecular flexibility index (Phi) is 5.09. The monoisotopic (exact) mass is 429 g/mol. The van der Waals surface area contributed by atoms with Crippen molar-refractivity contribution < 1.29 is 9.21 Å². The first kappa shape index (κ1) is 19.3. The molecule has 1 amide bonds. The van der Waals surface area contributed by atoms with Gasteiger partial charge >= 0.3 is 0 Å². The molecule has 0 aliphatic carbocycles. The summed E-state index contributed by atoms with van der Waals surface area (Å²) in [5.41, 5.74) is 1.57. The molecule has 1 atom stereocenters. The Bertz CT molecular complexity index is 1390. The second-order valence-electron chi connectivity index (χ2n) is 7.23. The van der Waals surface area contributed by atoms with Crippen LogP contribution in [0, 0.1) is 0 Å². The maximum Gasteiger partial charge on any atom is 0.262 e. The molecule has 3 aromatic heterocycles. The van der Waals surface area contributed by atoms with Crippen molar-refractivity contribution >= 4 is 38.4 Å². The first-order valence-electron chi connectivity index (χ1n) is 9.94. The summed E-state index contributed by atoms with van der Waals surface area (Å²) in [7, 11) is 0. The first-order chi connectivity index (χ1) is 15.2. The van der Waals surface area contributed by atoms with Gasteiger partial charge in [0.05, 0.1) is 11.7 Å². The minimum Gasteiger partial charge on any atom is -0.459 e. The van der Waals surface area contributed by atoms with Gasteiger partial charge in [0.25, 0.3) is 5.56 Å². The lowest BCUT2D eigenvalue weighted by atomic mass is 10.0. The molecule has 5 rings (SSSR count). The Hall–Kier alpha value is -3.71. The van der Waals surface area contributed by atoms with Gasteiger partial charge in [-0.15, -0.1) is 11.3 Å². The highest BCUT2D eigenvalue weighted by atomic mass is 32.1. The zero-order chi connectivity index (χ0) is 21.2. The van der Waals surface area contributed by atoms with Crippen LogP contribution in [0.4, 0.5) is 0 Å². The lowest BCUT2D eigenvalue weighted by Gasteiger charge is -2.17. The van der Waals surface area contributed by atoms with Crippen LogP contribution in [-0.2, 0) is 11.3 Å². The second kappa shape index (κ2) is 8.20. The maximum atomic E-state index is 12.8. The van der Waals surface area contributed by atoms with E-state index in [-0.39, 0.29) is 24.4 Å². The van der Waals surface area contributed by atoms with Gasteiger partial charge in [0, 0.05) is 18.4 Å². The Balaban J connectivity index is 1.37. The van der Waals surface area contributed by atoms with Gasteiger partial charge in [-0.3, -0.25) is 14.2 Å². The molecule has 0 saturated heterocycles. The fourth-order valence-corrected chi connectivity index (χ4v) is 4.34. The van der Waals surface area contributed by atoms with E-state index in [1.165, 1.54) is 22.2 Å². The molecule has 0 fully saturated rings. The molecule has 6 nitrogen and oxygen atoms in total. The van der Waals surface area contributed by atoms with E-state index in [0.717, 1.165) is 16.5 Å². The van der Waals surface area contributed by atoms with Crippen LogP contribution in [0.1, 0.15) is 23.8 Å². The van der Waals surface area contributed by atoms with Crippen LogP contribution in [0.25, 0.3) is 21.2 Å². The third-order valence-corrected chi connectivity index (χ3v) is 6.02. The number of carbonyl (C=O) groups excluding carboxylic acids is 1. The van der Waals surface area contributed by atoms with Gasteiger partial charge in [0.15, 0.2) is 0 Å². The highest BCUT2D eigenvalue weighted by molar-refractivity contribution is 7.16. The number of para-hydroxylation sites is 1. The van der Waals surface area contributed by atoms with E-state index < -0.39 is 6.04 Å². The average Bonchev–Trinajstić information content (AvgIpc) is 3.45. The minimum atomic E-state index is -0.421. The summed E-state index contributed by atoms with van der Waals surface area (Å²) in [6.45, 7) is 0.255. The number of furan rings is 1. The first-order valence-corrected chi connectivity index (χ1v) is 10.8. The number of thiophene rings is 1. The summed E-state index contributed by atoms with van der Waals surface area (Å²) >= 11 is 1.43. The number of amides is 1. The highest BCUT2D eigenvalue weighted by Crippen LogP contribution is 2.28.